The minimum absolute atomic E-state index is 0.155. The third-order valence-corrected chi connectivity index (χ3v) is 5.94. The van der Waals surface area contributed by atoms with Crippen LogP contribution in [-0.4, -0.2) is 12.6 Å². The van der Waals surface area contributed by atoms with Gasteiger partial charge < -0.3 is 15.2 Å². The Morgan fingerprint density at radius 2 is 1.85 bits per heavy atom. The van der Waals surface area contributed by atoms with Crippen molar-refractivity contribution in [2.75, 3.05) is 6.54 Å². The fraction of sp³-hybridized carbons (Fsp3) is 0.478. The first-order chi connectivity index (χ1) is 12.7. The minimum Gasteiger partial charge on any atom is -0.490 e. The second kappa shape index (κ2) is 7.71. The van der Waals surface area contributed by atoms with Crippen molar-refractivity contribution in [3.8, 4) is 11.5 Å². The molecule has 1 heterocycles. The summed E-state index contributed by atoms with van der Waals surface area (Å²) < 4.78 is 12.6. The van der Waals surface area contributed by atoms with Gasteiger partial charge in [-0.3, -0.25) is 0 Å². The molecule has 1 unspecified atom stereocenters. The molecule has 0 saturated heterocycles. The molecule has 0 aromatic heterocycles. The number of benzene rings is 2. The largest absolute Gasteiger partial charge is 0.490 e. The molecule has 4 rings (SSSR count). The van der Waals surface area contributed by atoms with Crippen molar-refractivity contribution in [3.05, 3.63) is 59.2 Å². The van der Waals surface area contributed by atoms with Gasteiger partial charge in [0.05, 0.1) is 6.10 Å². The van der Waals surface area contributed by atoms with E-state index in [0.717, 1.165) is 43.7 Å². The van der Waals surface area contributed by atoms with Crippen LogP contribution >= 0.6 is 0 Å². The normalized spacial score (nSPS) is 25.2. The number of hydrogen-bond donors (Lipinski definition) is 1. The van der Waals surface area contributed by atoms with E-state index in [1.54, 1.807) is 0 Å². The smallest absolute Gasteiger partial charge is 0.124 e. The highest BCUT2D eigenvalue weighted by Gasteiger charge is 2.24. The van der Waals surface area contributed by atoms with Crippen LogP contribution in [0.15, 0.2) is 42.5 Å². The molecular formula is C23H29NO2. The fourth-order valence-electron chi connectivity index (χ4n) is 4.28. The maximum Gasteiger partial charge on any atom is 0.124 e. The van der Waals surface area contributed by atoms with E-state index in [9.17, 15) is 0 Å². The van der Waals surface area contributed by atoms with Gasteiger partial charge in [-0.05, 0) is 92.8 Å². The molecular weight excluding hydrogens is 322 g/mol. The van der Waals surface area contributed by atoms with Gasteiger partial charge in [-0.2, -0.15) is 0 Å². The highest BCUT2D eigenvalue weighted by Crippen LogP contribution is 2.38. The molecule has 1 saturated carbocycles. The number of rotatable bonds is 4. The van der Waals surface area contributed by atoms with Crippen LogP contribution in [0, 0.1) is 12.8 Å². The summed E-state index contributed by atoms with van der Waals surface area (Å²) >= 11 is 0. The molecule has 3 heteroatoms. The zero-order valence-corrected chi connectivity index (χ0v) is 15.6. The molecule has 0 amide bonds. The van der Waals surface area contributed by atoms with Crippen LogP contribution in [0.4, 0.5) is 0 Å². The number of ether oxygens (including phenoxy) is 2. The Hall–Kier alpha value is -2.00. The van der Waals surface area contributed by atoms with Gasteiger partial charge in [0.2, 0.25) is 0 Å². The van der Waals surface area contributed by atoms with E-state index < -0.39 is 0 Å². The maximum atomic E-state index is 6.30. The van der Waals surface area contributed by atoms with Crippen LogP contribution in [0.2, 0.25) is 0 Å². The van der Waals surface area contributed by atoms with Gasteiger partial charge in [0, 0.05) is 0 Å². The van der Waals surface area contributed by atoms with Crippen molar-refractivity contribution in [1.82, 2.24) is 0 Å². The number of hydrogen-bond acceptors (Lipinski definition) is 3. The van der Waals surface area contributed by atoms with E-state index in [2.05, 4.69) is 49.4 Å². The molecule has 0 spiro atoms. The molecule has 3 nitrogen and oxygen atoms in total. The molecule has 2 aromatic carbocycles. The highest BCUT2D eigenvalue weighted by molar-refractivity contribution is 5.43. The SMILES string of the molecule is Cc1ccccc1C1CCc2cc(OC3CCC(CN)CC3)ccc2O1. The lowest BCUT2D eigenvalue weighted by atomic mass is 9.87. The zero-order chi connectivity index (χ0) is 17.9. The fourth-order valence-corrected chi connectivity index (χ4v) is 4.28. The summed E-state index contributed by atoms with van der Waals surface area (Å²) in [5.41, 5.74) is 9.65. The Morgan fingerprint density at radius 1 is 1.04 bits per heavy atom. The average molecular weight is 351 g/mol. The number of nitrogens with two attached hydrogens (primary N) is 1. The first-order valence-electron chi connectivity index (χ1n) is 9.95. The van der Waals surface area contributed by atoms with Crippen LogP contribution in [0.3, 0.4) is 0 Å². The molecule has 2 aliphatic rings. The quantitative estimate of drug-likeness (QED) is 0.847. The molecule has 1 aliphatic heterocycles. The van der Waals surface area contributed by atoms with E-state index in [-0.39, 0.29) is 6.10 Å². The zero-order valence-electron chi connectivity index (χ0n) is 15.6. The lowest BCUT2D eigenvalue weighted by molar-refractivity contribution is 0.132. The summed E-state index contributed by atoms with van der Waals surface area (Å²) in [5.74, 6) is 2.67. The van der Waals surface area contributed by atoms with Crippen molar-refractivity contribution in [1.29, 1.82) is 0 Å². The molecule has 1 aliphatic carbocycles. The van der Waals surface area contributed by atoms with Crippen molar-refractivity contribution >= 4 is 0 Å². The Morgan fingerprint density at radius 3 is 2.62 bits per heavy atom. The van der Waals surface area contributed by atoms with Gasteiger partial charge in [-0.1, -0.05) is 24.3 Å². The van der Waals surface area contributed by atoms with Gasteiger partial charge in [0.15, 0.2) is 0 Å². The second-order valence-electron chi connectivity index (χ2n) is 7.77. The summed E-state index contributed by atoms with van der Waals surface area (Å²) in [6.45, 7) is 2.97. The first-order valence-corrected chi connectivity index (χ1v) is 9.95. The summed E-state index contributed by atoms with van der Waals surface area (Å²) in [7, 11) is 0. The monoisotopic (exact) mass is 351 g/mol. The van der Waals surface area contributed by atoms with Gasteiger partial charge in [0.25, 0.3) is 0 Å². The Bertz CT molecular complexity index is 750. The molecule has 2 aromatic rings. The second-order valence-corrected chi connectivity index (χ2v) is 7.77. The summed E-state index contributed by atoms with van der Waals surface area (Å²) in [6.07, 6.45) is 7.15. The van der Waals surface area contributed by atoms with Crippen LogP contribution in [0.5, 0.6) is 11.5 Å². The number of aryl methyl sites for hydroxylation is 2. The van der Waals surface area contributed by atoms with Gasteiger partial charge in [0.1, 0.15) is 17.6 Å². The Balaban J connectivity index is 1.42. The number of fused-ring (bicyclic) bond motifs is 1. The standard InChI is InChI=1S/C23H29NO2/c1-16-4-2-3-5-21(16)23-12-8-18-14-20(11-13-22(18)26-23)25-19-9-6-17(15-24)7-10-19/h2-5,11,13-14,17,19,23H,6-10,12,15,24H2,1H3. The van der Waals surface area contributed by atoms with Crippen LogP contribution < -0.4 is 15.2 Å². The molecule has 2 N–H and O–H groups in total. The van der Waals surface area contributed by atoms with Gasteiger partial charge >= 0.3 is 0 Å². The van der Waals surface area contributed by atoms with Crippen molar-refractivity contribution in [2.24, 2.45) is 11.7 Å². The van der Waals surface area contributed by atoms with E-state index in [1.807, 2.05) is 0 Å². The maximum absolute atomic E-state index is 6.30. The molecule has 26 heavy (non-hydrogen) atoms. The van der Waals surface area contributed by atoms with E-state index in [1.165, 1.54) is 29.5 Å². The van der Waals surface area contributed by atoms with Gasteiger partial charge in [-0.25, -0.2) is 0 Å². The van der Waals surface area contributed by atoms with Crippen molar-refractivity contribution in [3.63, 3.8) is 0 Å². The van der Waals surface area contributed by atoms with Crippen LogP contribution in [-0.2, 0) is 6.42 Å². The molecule has 1 atom stereocenters. The third-order valence-electron chi connectivity index (χ3n) is 5.94. The van der Waals surface area contributed by atoms with Crippen LogP contribution in [0.1, 0.15) is 54.9 Å². The molecule has 0 radical (unpaired) electrons. The Kier molecular flexibility index (Phi) is 5.16. The third kappa shape index (κ3) is 3.73. The average Bonchev–Trinajstić information content (AvgIpc) is 2.68. The van der Waals surface area contributed by atoms with Crippen molar-refractivity contribution < 1.29 is 9.47 Å². The molecule has 1 fully saturated rings. The lowest BCUT2D eigenvalue weighted by Gasteiger charge is -2.30. The van der Waals surface area contributed by atoms with E-state index in [0.29, 0.717) is 12.0 Å². The Labute approximate surface area is 156 Å². The first kappa shape index (κ1) is 17.4. The minimum atomic E-state index is 0.155. The predicted octanol–water partition coefficient (Wildman–Crippen LogP) is 4.96. The van der Waals surface area contributed by atoms with E-state index in [4.69, 9.17) is 15.2 Å². The van der Waals surface area contributed by atoms with Crippen LogP contribution in [0.25, 0.3) is 0 Å². The molecule has 0 bridgehead atoms. The summed E-state index contributed by atoms with van der Waals surface area (Å²) in [5, 5.41) is 0. The summed E-state index contributed by atoms with van der Waals surface area (Å²) in [4.78, 5) is 0. The summed E-state index contributed by atoms with van der Waals surface area (Å²) in [6, 6.07) is 14.8. The molecule has 138 valence electrons. The van der Waals surface area contributed by atoms with E-state index >= 15 is 0 Å². The van der Waals surface area contributed by atoms with Crippen molar-refractivity contribution in [2.45, 2.75) is 57.7 Å². The topological polar surface area (TPSA) is 44.5 Å². The predicted molar refractivity (Wildman–Crippen MR) is 105 cm³/mol. The van der Waals surface area contributed by atoms with Gasteiger partial charge in [-0.15, -0.1) is 0 Å². The highest BCUT2D eigenvalue weighted by atomic mass is 16.5. The lowest BCUT2D eigenvalue weighted by Crippen LogP contribution is -2.27.